The summed E-state index contributed by atoms with van der Waals surface area (Å²) in [6.07, 6.45) is -0.0408. The van der Waals surface area contributed by atoms with Gasteiger partial charge in [0.1, 0.15) is 18.7 Å². The topological polar surface area (TPSA) is 95.9 Å². The molecule has 1 aliphatic carbocycles. The smallest absolute Gasteiger partial charge is 0.408 e. The third kappa shape index (κ3) is 4.47. The zero-order chi connectivity index (χ0) is 23.3. The number of likely N-dealkylation sites (N-methyl/N-ethyl adjacent to an activating group) is 1. The molecule has 0 fully saturated rings. The standard InChI is InChI=1S/C25H30N2O5/c1-4-25(5-2,23(30)27(6-3)15-22(28)29)26-24(31)32-16-21-19-13-9-7-11-17(19)18-12-8-10-14-20(18)21/h7-14,21H,4-6,15-16H2,1-3H3,(H,26,31)(H,28,29). The number of rotatable bonds is 9. The minimum Gasteiger partial charge on any atom is -0.480 e. The summed E-state index contributed by atoms with van der Waals surface area (Å²) in [5, 5.41) is 11.9. The summed E-state index contributed by atoms with van der Waals surface area (Å²) in [5.41, 5.74) is 3.27. The number of carbonyl (C=O) groups excluding carboxylic acids is 2. The van der Waals surface area contributed by atoms with Gasteiger partial charge in [-0.25, -0.2) is 4.79 Å². The summed E-state index contributed by atoms with van der Waals surface area (Å²) in [7, 11) is 0. The van der Waals surface area contributed by atoms with E-state index < -0.39 is 30.1 Å². The summed E-state index contributed by atoms with van der Waals surface area (Å²) < 4.78 is 5.61. The van der Waals surface area contributed by atoms with Crippen LogP contribution < -0.4 is 5.32 Å². The van der Waals surface area contributed by atoms with Crippen molar-refractivity contribution in [2.45, 2.75) is 45.1 Å². The third-order valence-electron chi connectivity index (χ3n) is 6.30. The molecular weight excluding hydrogens is 408 g/mol. The molecule has 2 amide bonds. The van der Waals surface area contributed by atoms with Crippen molar-refractivity contribution in [3.8, 4) is 11.1 Å². The van der Waals surface area contributed by atoms with Crippen LogP contribution in [0.1, 0.15) is 50.7 Å². The van der Waals surface area contributed by atoms with Gasteiger partial charge in [0.15, 0.2) is 0 Å². The lowest BCUT2D eigenvalue weighted by Crippen LogP contribution is -2.60. The van der Waals surface area contributed by atoms with Crippen molar-refractivity contribution < 1.29 is 24.2 Å². The molecule has 2 aromatic rings. The maximum Gasteiger partial charge on any atom is 0.408 e. The number of carboxylic acid groups (broad SMARTS) is 1. The van der Waals surface area contributed by atoms with E-state index in [9.17, 15) is 14.4 Å². The highest BCUT2D eigenvalue weighted by atomic mass is 16.5. The number of hydrogen-bond acceptors (Lipinski definition) is 4. The molecule has 0 saturated carbocycles. The van der Waals surface area contributed by atoms with E-state index in [-0.39, 0.29) is 19.1 Å². The maximum atomic E-state index is 13.1. The molecule has 32 heavy (non-hydrogen) atoms. The molecule has 0 radical (unpaired) electrons. The van der Waals surface area contributed by atoms with E-state index in [1.165, 1.54) is 4.90 Å². The fourth-order valence-electron chi connectivity index (χ4n) is 4.41. The molecule has 1 aliphatic rings. The average molecular weight is 439 g/mol. The molecule has 3 rings (SSSR count). The van der Waals surface area contributed by atoms with Crippen molar-refractivity contribution in [1.82, 2.24) is 10.2 Å². The lowest BCUT2D eigenvalue weighted by atomic mass is 9.91. The Hall–Kier alpha value is -3.35. The van der Waals surface area contributed by atoms with Crippen LogP contribution in [0.5, 0.6) is 0 Å². The van der Waals surface area contributed by atoms with Gasteiger partial charge in [-0.2, -0.15) is 0 Å². The van der Waals surface area contributed by atoms with Gasteiger partial charge in [0.05, 0.1) is 0 Å². The number of nitrogens with one attached hydrogen (secondary N) is 1. The first-order chi connectivity index (χ1) is 15.4. The molecular formula is C25H30N2O5. The van der Waals surface area contributed by atoms with Crippen LogP contribution in [-0.4, -0.2) is 53.2 Å². The number of nitrogens with zero attached hydrogens (tertiary/aromatic N) is 1. The third-order valence-corrected chi connectivity index (χ3v) is 6.30. The largest absolute Gasteiger partial charge is 0.480 e. The van der Waals surface area contributed by atoms with Gasteiger partial charge in [0, 0.05) is 12.5 Å². The minimum absolute atomic E-state index is 0.0827. The second-order valence-electron chi connectivity index (χ2n) is 7.95. The number of fused-ring (bicyclic) bond motifs is 3. The zero-order valence-corrected chi connectivity index (χ0v) is 18.8. The number of hydrogen-bond donors (Lipinski definition) is 2. The molecule has 0 spiro atoms. The molecule has 0 saturated heterocycles. The maximum absolute atomic E-state index is 13.1. The van der Waals surface area contributed by atoms with E-state index in [1.807, 2.05) is 36.4 Å². The lowest BCUT2D eigenvalue weighted by Gasteiger charge is -2.35. The van der Waals surface area contributed by atoms with Gasteiger partial charge in [0.25, 0.3) is 0 Å². The quantitative estimate of drug-likeness (QED) is 0.617. The summed E-state index contributed by atoms with van der Waals surface area (Å²) in [5.74, 6) is -1.59. The molecule has 7 nitrogen and oxygen atoms in total. The fourth-order valence-corrected chi connectivity index (χ4v) is 4.41. The van der Waals surface area contributed by atoms with Crippen LogP contribution in [0.3, 0.4) is 0 Å². The van der Waals surface area contributed by atoms with Crippen molar-refractivity contribution >= 4 is 18.0 Å². The molecule has 2 N–H and O–H groups in total. The number of ether oxygens (including phenoxy) is 1. The lowest BCUT2D eigenvalue weighted by molar-refractivity contribution is -0.147. The van der Waals surface area contributed by atoms with Crippen LogP contribution in [0.15, 0.2) is 48.5 Å². The van der Waals surface area contributed by atoms with E-state index in [1.54, 1.807) is 20.8 Å². The van der Waals surface area contributed by atoms with Gasteiger partial charge in [-0.1, -0.05) is 62.4 Å². The van der Waals surface area contributed by atoms with Gasteiger partial charge < -0.3 is 20.1 Å². The first-order valence-corrected chi connectivity index (χ1v) is 11.0. The first kappa shape index (κ1) is 23.3. The van der Waals surface area contributed by atoms with E-state index in [4.69, 9.17) is 9.84 Å². The number of amides is 2. The van der Waals surface area contributed by atoms with Crippen LogP contribution in [0.4, 0.5) is 4.79 Å². The highest BCUT2D eigenvalue weighted by molar-refractivity contribution is 5.92. The summed E-state index contributed by atoms with van der Waals surface area (Å²) in [4.78, 5) is 38.3. The summed E-state index contributed by atoms with van der Waals surface area (Å²) in [6, 6.07) is 16.1. The number of carboxylic acids is 1. The van der Waals surface area contributed by atoms with Gasteiger partial charge in [-0.3, -0.25) is 9.59 Å². The van der Waals surface area contributed by atoms with Gasteiger partial charge in [-0.05, 0) is 42.0 Å². The number of aliphatic carboxylic acids is 1. The average Bonchev–Trinajstić information content (AvgIpc) is 3.13. The van der Waals surface area contributed by atoms with Crippen molar-refractivity contribution in [2.75, 3.05) is 19.7 Å². The predicted molar refractivity (Wildman–Crippen MR) is 121 cm³/mol. The number of carbonyl (C=O) groups is 3. The van der Waals surface area contributed by atoms with Gasteiger partial charge in [0.2, 0.25) is 5.91 Å². The summed E-state index contributed by atoms with van der Waals surface area (Å²) in [6.45, 7) is 5.26. The van der Waals surface area contributed by atoms with Crippen LogP contribution in [-0.2, 0) is 14.3 Å². The molecule has 7 heteroatoms. The Kier molecular flexibility index (Phi) is 7.18. The Morgan fingerprint density at radius 3 is 1.97 bits per heavy atom. The molecule has 0 bridgehead atoms. The monoisotopic (exact) mass is 438 g/mol. The normalized spacial score (nSPS) is 12.6. The van der Waals surface area contributed by atoms with Crippen molar-refractivity contribution in [2.24, 2.45) is 0 Å². The van der Waals surface area contributed by atoms with Crippen molar-refractivity contribution in [1.29, 1.82) is 0 Å². The molecule has 0 unspecified atom stereocenters. The summed E-state index contributed by atoms with van der Waals surface area (Å²) >= 11 is 0. The van der Waals surface area contributed by atoms with Gasteiger partial charge in [-0.15, -0.1) is 0 Å². The predicted octanol–water partition coefficient (Wildman–Crippen LogP) is 4.02. The molecule has 2 aromatic carbocycles. The highest BCUT2D eigenvalue weighted by Gasteiger charge is 2.40. The number of benzene rings is 2. The SMILES string of the molecule is CCN(CC(=O)O)C(=O)C(CC)(CC)NC(=O)OCC1c2ccccc2-c2ccccc21. The van der Waals surface area contributed by atoms with Gasteiger partial charge >= 0.3 is 12.1 Å². The Balaban J connectivity index is 1.74. The van der Waals surface area contributed by atoms with Crippen LogP contribution in [0, 0.1) is 0 Å². The van der Waals surface area contributed by atoms with E-state index in [2.05, 4.69) is 17.4 Å². The van der Waals surface area contributed by atoms with Crippen LogP contribution in [0.25, 0.3) is 11.1 Å². The second-order valence-corrected chi connectivity index (χ2v) is 7.95. The molecule has 0 aliphatic heterocycles. The Labute approximate surface area is 188 Å². The zero-order valence-electron chi connectivity index (χ0n) is 18.8. The second kappa shape index (κ2) is 9.85. The fraction of sp³-hybridized carbons (Fsp3) is 0.400. The Morgan fingerprint density at radius 2 is 1.50 bits per heavy atom. The molecule has 0 atom stereocenters. The van der Waals surface area contributed by atoms with Crippen molar-refractivity contribution in [3.63, 3.8) is 0 Å². The van der Waals surface area contributed by atoms with Crippen LogP contribution in [0.2, 0.25) is 0 Å². The van der Waals surface area contributed by atoms with E-state index in [0.29, 0.717) is 12.8 Å². The molecule has 170 valence electrons. The first-order valence-electron chi connectivity index (χ1n) is 11.0. The highest BCUT2D eigenvalue weighted by Crippen LogP contribution is 2.44. The van der Waals surface area contributed by atoms with E-state index >= 15 is 0 Å². The molecule has 0 aromatic heterocycles. The van der Waals surface area contributed by atoms with Crippen LogP contribution >= 0.6 is 0 Å². The van der Waals surface area contributed by atoms with E-state index in [0.717, 1.165) is 22.3 Å². The number of alkyl carbamates (subject to hydrolysis) is 1. The van der Waals surface area contributed by atoms with Crippen molar-refractivity contribution in [3.05, 3.63) is 59.7 Å². The Morgan fingerprint density at radius 1 is 0.969 bits per heavy atom. The molecule has 0 heterocycles. The Bertz CT molecular complexity index is 954. The minimum atomic E-state index is -1.21.